The van der Waals surface area contributed by atoms with E-state index in [1.807, 2.05) is 44.2 Å². The van der Waals surface area contributed by atoms with Crippen LogP contribution < -0.4 is 4.90 Å². The highest BCUT2D eigenvalue weighted by atomic mass is 16.2. The number of rotatable bonds is 5. The summed E-state index contributed by atoms with van der Waals surface area (Å²) in [5.74, 6) is 0.0123. The number of likely N-dealkylation sites (N-methyl/N-ethyl adjacent to an activating group) is 1. The summed E-state index contributed by atoms with van der Waals surface area (Å²) in [6.07, 6.45) is 0. The van der Waals surface area contributed by atoms with Crippen molar-refractivity contribution in [3.63, 3.8) is 0 Å². The van der Waals surface area contributed by atoms with Crippen LogP contribution in [0.25, 0.3) is 0 Å². The summed E-state index contributed by atoms with van der Waals surface area (Å²) in [5.41, 5.74) is 0.885. The molecule has 0 unspecified atom stereocenters. The quantitative estimate of drug-likeness (QED) is 0.822. The number of carbonyl (C=O) groups is 2. The van der Waals surface area contributed by atoms with E-state index in [0.717, 1.165) is 5.69 Å². The van der Waals surface area contributed by atoms with Gasteiger partial charge in [-0.15, -0.1) is 0 Å². The van der Waals surface area contributed by atoms with Crippen molar-refractivity contribution >= 4 is 17.6 Å². The van der Waals surface area contributed by atoms with Gasteiger partial charge in [-0.2, -0.15) is 0 Å². The van der Waals surface area contributed by atoms with Crippen LogP contribution in [0.4, 0.5) is 10.5 Å². The van der Waals surface area contributed by atoms with Crippen LogP contribution in [0.5, 0.6) is 0 Å². The molecule has 0 bridgehead atoms. The Labute approximate surface area is 119 Å². The average molecular weight is 275 g/mol. The number of hydrogen-bond acceptors (Lipinski definition) is 2. The van der Waals surface area contributed by atoms with Crippen molar-refractivity contribution in [2.75, 3.05) is 37.6 Å². The van der Waals surface area contributed by atoms with Gasteiger partial charge in [-0.1, -0.05) is 18.2 Å². The van der Waals surface area contributed by atoms with E-state index in [4.69, 9.17) is 0 Å². The predicted molar refractivity (Wildman–Crippen MR) is 78.7 cm³/mol. The smallest absolute Gasteiger partial charge is 0.325 e. The fraction of sp³-hybridized carbons (Fsp3) is 0.467. The third-order valence-corrected chi connectivity index (χ3v) is 3.61. The van der Waals surface area contributed by atoms with Crippen molar-refractivity contribution in [2.45, 2.75) is 13.8 Å². The monoisotopic (exact) mass is 275 g/mol. The minimum absolute atomic E-state index is 0.0123. The van der Waals surface area contributed by atoms with E-state index >= 15 is 0 Å². The molecule has 1 aliphatic rings. The number of urea groups is 1. The molecule has 0 aliphatic carbocycles. The predicted octanol–water partition coefficient (Wildman–Crippen LogP) is 1.80. The van der Waals surface area contributed by atoms with Crippen molar-refractivity contribution in [1.82, 2.24) is 9.80 Å². The van der Waals surface area contributed by atoms with E-state index in [1.54, 1.807) is 14.7 Å². The van der Waals surface area contributed by atoms with Crippen LogP contribution in [0.3, 0.4) is 0 Å². The van der Waals surface area contributed by atoms with Crippen LogP contribution in [0, 0.1) is 0 Å². The number of anilines is 1. The fourth-order valence-electron chi connectivity index (χ4n) is 2.42. The molecule has 1 aromatic rings. The van der Waals surface area contributed by atoms with Crippen molar-refractivity contribution in [3.05, 3.63) is 30.3 Å². The average Bonchev–Trinajstić information content (AvgIpc) is 2.82. The second-order valence-electron chi connectivity index (χ2n) is 4.76. The molecule has 108 valence electrons. The molecule has 1 heterocycles. The van der Waals surface area contributed by atoms with E-state index in [9.17, 15) is 9.59 Å². The summed E-state index contributed by atoms with van der Waals surface area (Å²) in [4.78, 5) is 29.5. The molecule has 5 nitrogen and oxygen atoms in total. The molecule has 0 N–H and O–H groups in total. The molecule has 1 aromatic carbocycles. The standard InChI is InChI=1S/C15H21N3O2/c1-3-16(4-2)14(19)12-17-10-11-18(15(17)20)13-8-6-5-7-9-13/h5-9H,3-4,10-12H2,1-2H3. The van der Waals surface area contributed by atoms with Gasteiger partial charge >= 0.3 is 6.03 Å². The Kier molecular flexibility index (Phi) is 4.61. The van der Waals surface area contributed by atoms with Crippen molar-refractivity contribution in [1.29, 1.82) is 0 Å². The van der Waals surface area contributed by atoms with Crippen molar-refractivity contribution in [3.8, 4) is 0 Å². The lowest BCUT2D eigenvalue weighted by Crippen LogP contribution is -2.42. The van der Waals surface area contributed by atoms with Gasteiger partial charge in [0.1, 0.15) is 6.54 Å². The summed E-state index contributed by atoms with van der Waals surface area (Å²) in [7, 11) is 0. The fourth-order valence-corrected chi connectivity index (χ4v) is 2.42. The second kappa shape index (κ2) is 6.41. The van der Waals surface area contributed by atoms with Gasteiger partial charge in [0.05, 0.1) is 0 Å². The Morgan fingerprint density at radius 3 is 2.40 bits per heavy atom. The summed E-state index contributed by atoms with van der Waals surface area (Å²) in [6.45, 7) is 6.66. The molecule has 0 atom stereocenters. The van der Waals surface area contributed by atoms with Gasteiger partial charge < -0.3 is 9.80 Å². The molecule has 1 aliphatic heterocycles. The number of para-hydroxylation sites is 1. The van der Waals surface area contributed by atoms with Gasteiger partial charge in [-0.25, -0.2) is 4.79 Å². The molecule has 1 saturated heterocycles. The lowest BCUT2D eigenvalue weighted by Gasteiger charge is -2.23. The molecule has 2 rings (SSSR count). The number of benzene rings is 1. The summed E-state index contributed by atoms with van der Waals surface area (Å²) >= 11 is 0. The summed E-state index contributed by atoms with van der Waals surface area (Å²) in [6, 6.07) is 9.47. The molecule has 20 heavy (non-hydrogen) atoms. The first kappa shape index (κ1) is 14.4. The first-order valence-corrected chi connectivity index (χ1v) is 7.06. The van der Waals surface area contributed by atoms with E-state index < -0.39 is 0 Å². The maximum atomic E-state index is 12.3. The van der Waals surface area contributed by atoms with Gasteiger partial charge in [-0.3, -0.25) is 9.69 Å². The Morgan fingerprint density at radius 2 is 1.80 bits per heavy atom. The van der Waals surface area contributed by atoms with Crippen LogP contribution in [0.1, 0.15) is 13.8 Å². The molecule has 3 amide bonds. The Morgan fingerprint density at radius 1 is 1.15 bits per heavy atom. The molecule has 1 fully saturated rings. The SMILES string of the molecule is CCN(CC)C(=O)CN1CCN(c2ccccc2)C1=O. The summed E-state index contributed by atoms with van der Waals surface area (Å²) in [5, 5.41) is 0. The van der Waals surface area contributed by atoms with Crippen LogP contribution in [-0.2, 0) is 4.79 Å². The second-order valence-corrected chi connectivity index (χ2v) is 4.76. The zero-order chi connectivity index (χ0) is 14.5. The van der Waals surface area contributed by atoms with Gasteiger partial charge in [0.2, 0.25) is 5.91 Å². The van der Waals surface area contributed by atoms with Crippen molar-refractivity contribution < 1.29 is 9.59 Å². The van der Waals surface area contributed by atoms with Crippen molar-refractivity contribution in [2.24, 2.45) is 0 Å². The van der Waals surface area contributed by atoms with Gasteiger partial charge in [-0.05, 0) is 26.0 Å². The third-order valence-electron chi connectivity index (χ3n) is 3.61. The highest BCUT2D eigenvalue weighted by Crippen LogP contribution is 2.19. The maximum absolute atomic E-state index is 12.3. The van der Waals surface area contributed by atoms with Crippen LogP contribution >= 0.6 is 0 Å². The van der Waals surface area contributed by atoms with Gasteiger partial charge in [0, 0.05) is 31.9 Å². The zero-order valence-corrected chi connectivity index (χ0v) is 12.1. The Bertz CT molecular complexity index is 471. The highest BCUT2D eigenvalue weighted by molar-refractivity contribution is 5.96. The number of amides is 3. The number of carbonyl (C=O) groups excluding carboxylic acids is 2. The molecule has 5 heteroatoms. The molecule has 0 spiro atoms. The maximum Gasteiger partial charge on any atom is 0.325 e. The zero-order valence-electron chi connectivity index (χ0n) is 12.1. The Hall–Kier alpha value is -2.04. The first-order chi connectivity index (χ1) is 9.67. The molecular weight excluding hydrogens is 254 g/mol. The largest absolute Gasteiger partial charge is 0.342 e. The highest BCUT2D eigenvalue weighted by Gasteiger charge is 2.31. The Balaban J connectivity index is 2.00. The molecule has 0 aromatic heterocycles. The molecule has 0 radical (unpaired) electrons. The van der Waals surface area contributed by atoms with Gasteiger partial charge in [0.25, 0.3) is 0 Å². The molecular formula is C15H21N3O2. The van der Waals surface area contributed by atoms with Crippen LogP contribution in [0.15, 0.2) is 30.3 Å². The van der Waals surface area contributed by atoms with E-state index in [1.165, 1.54) is 0 Å². The van der Waals surface area contributed by atoms with E-state index in [-0.39, 0.29) is 18.5 Å². The van der Waals surface area contributed by atoms with Crippen LogP contribution in [0.2, 0.25) is 0 Å². The normalized spacial score (nSPS) is 14.8. The third kappa shape index (κ3) is 2.92. The van der Waals surface area contributed by atoms with E-state index in [0.29, 0.717) is 26.2 Å². The number of hydrogen-bond donors (Lipinski definition) is 0. The van der Waals surface area contributed by atoms with E-state index in [2.05, 4.69) is 0 Å². The first-order valence-electron chi connectivity index (χ1n) is 7.06. The minimum atomic E-state index is -0.0864. The lowest BCUT2D eigenvalue weighted by atomic mass is 10.3. The topological polar surface area (TPSA) is 43.9 Å². The minimum Gasteiger partial charge on any atom is -0.342 e. The molecule has 0 saturated carbocycles. The number of nitrogens with zero attached hydrogens (tertiary/aromatic N) is 3. The van der Waals surface area contributed by atoms with Crippen LogP contribution in [-0.4, -0.2) is 54.5 Å². The van der Waals surface area contributed by atoms with Gasteiger partial charge in [0.15, 0.2) is 0 Å². The summed E-state index contributed by atoms with van der Waals surface area (Å²) < 4.78 is 0. The lowest BCUT2D eigenvalue weighted by molar-refractivity contribution is -0.131.